The Kier molecular flexibility index (Phi) is 2.78. The molecule has 0 aromatic heterocycles. The van der Waals surface area contributed by atoms with E-state index in [2.05, 4.69) is 19.2 Å². The van der Waals surface area contributed by atoms with Crippen LogP contribution in [0, 0.1) is 0 Å². The minimum absolute atomic E-state index is 0.256. The quantitative estimate of drug-likeness (QED) is 0.451. The molecule has 0 rings (SSSR count). The third kappa shape index (κ3) is 6.25. The maximum atomic E-state index is 5.82. The highest BCUT2D eigenvalue weighted by Gasteiger charge is 2.12. The fourth-order valence-electron chi connectivity index (χ4n) is 0.686. The molecule has 0 spiro atoms. The second-order valence-electron chi connectivity index (χ2n) is 2.77. The van der Waals surface area contributed by atoms with Gasteiger partial charge in [-0.15, -0.1) is 11.6 Å². The van der Waals surface area contributed by atoms with Gasteiger partial charge in [0.2, 0.25) is 0 Å². The van der Waals surface area contributed by atoms with E-state index in [9.17, 15) is 0 Å². The first-order valence-corrected chi connectivity index (χ1v) is 3.26. The fourth-order valence-corrected chi connectivity index (χ4v) is 0.905. The monoisotopic (exact) mass is 135 g/mol. The largest absolute Gasteiger partial charge is 0.297 e. The SMILES string of the molecule is CC(C)NC(C)(C)Cl. The first-order valence-electron chi connectivity index (χ1n) is 2.88. The van der Waals surface area contributed by atoms with Gasteiger partial charge in [-0.05, 0) is 27.7 Å². The molecule has 2 heteroatoms. The van der Waals surface area contributed by atoms with Crippen LogP contribution in [-0.4, -0.2) is 11.0 Å². The lowest BCUT2D eigenvalue weighted by Crippen LogP contribution is -2.38. The van der Waals surface area contributed by atoms with Gasteiger partial charge in [-0.2, -0.15) is 0 Å². The summed E-state index contributed by atoms with van der Waals surface area (Å²) in [6, 6.07) is 0.461. The zero-order valence-electron chi connectivity index (χ0n) is 5.96. The maximum absolute atomic E-state index is 5.82. The highest BCUT2D eigenvalue weighted by atomic mass is 35.5. The highest BCUT2D eigenvalue weighted by molar-refractivity contribution is 6.23. The number of hydrogen-bond acceptors (Lipinski definition) is 1. The third-order valence-corrected chi connectivity index (χ3v) is 0.741. The van der Waals surface area contributed by atoms with Crippen LogP contribution in [0.15, 0.2) is 0 Å². The van der Waals surface area contributed by atoms with Gasteiger partial charge in [-0.25, -0.2) is 0 Å². The van der Waals surface area contributed by atoms with Crippen molar-refractivity contribution in [3.05, 3.63) is 0 Å². The predicted octanol–water partition coefficient (Wildman–Crippen LogP) is 1.96. The molecular formula is C6H14ClN. The van der Waals surface area contributed by atoms with Crippen LogP contribution in [-0.2, 0) is 0 Å². The summed E-state index contributed by atoms with van der Waals surface area (Å²) >= 11 is 5.82. The highest BCUT2D eigenvalue weighted by Crippen LogP contribution is 2.07. The summed E-state index contributed by atoms with van der Waals surface area (Å²) in [5.41, 5.74) is 0. The van der Waals surface area contributed by atoms with Gasteiger partial charge >= 0.3 is 0 Å². The molecule has 0 radical (unpaired) electrons. The topological polar surface area (TPSA) is 12.0 Å². The van der Waals surface area contributed by atoms with Gasteiger partial charge in [-0.1, -0.05) is 0 Å². The minimum Gasteiger partial charge on any atom is -0.297 e. The molecular weight excluding hydrogens is 122 g/mol. The number of alkyl halides is 1. The van der Waals surface area contributed by atoms with E-state index in [-0.39, 0.29) is 5.00 Å². The Morgan fingerprint density at radius 2 is 1.75 bits per heavy atom. The number of halogens is 1. The molecule has 0 bridgehead atoms. The van der Waals surface area contributed by atoms with Crippen LogP contribution < -0.4 is 5.32 Å². The second-order valence-corrected chi connectivity index (χ2v) is 3.72. The summed E-state index contributed by atoms with van der Waals surface area (Å²) < 4.78 is 0. The summed E-state index contributed by atoms with van der Waals surface area (Å²) in [5, 5.41) is 3.15. The Morgan fingerprint density at radius 3 is 1.75 bits per heavy atom. The molecule has 1 nitrogen and oxygen atoms in total. The van der Waals surface area contributed by atoms with Crippen LogP contribution >= 0.6 is 11.6 Å². The Hall–Kier alpha value is 0.250. The smallest absolute Gasteiger partial charge is 0.0880 e. The first-order chi connectivity index (χ1) is 3.42. The van der Waals surface area contributed by atoms with Crippen molar-refractivity contribution in [3.63, 3.8) is 0 Å². The van der Waals surface area contributed by atoms with Gasteiger partial charge in [0.1, 0.15) is 0 Å². The van der Waals surface area contributed by atoms with E-state index in [0.717, 1.165) is 0 Å². The standard InChI is InChI=1S/C6H14ClN/c1-5(2)8-6(3,4)7/h5,8H,1-4H3. The van der Waals surface area contributed by atoms with Gasteiger partial charge in [-0.3, -0.25) is 5.32 Å². The van der Waals surface area contributed by atoms with Crippen molar-refractivity contribution in [1.29, 1.82) is 0 Å². The molecule has 0 aromatic carbocycles. The Bertz CT molecular complexity index is 63.4. The molecule has 0 fully saturated rings. The zero-order valence-corrected chi connectivity index (χ0v) is 6.71. The molecule has 0 saturated carbocycles. The van der Waals surface area contributed by atoms with E-state index in [1.165, 1.54) is 0 Å². The molecule has 8 heavy (non-hydrogen) atoms. The Labute approximate surface area is 56.4 Å². The van der Waals surface area contributed by atoms with E-state index in [1.54, 1.807) is 0 Å². The van der Waals surface area contributed by atoms with Crippen LogP contribution in [0.4, 0.5) is 0 Å². The second kappa shape index (κ2) is 2.70. The van der Waals surface area contributed by atoms with Gasteiger partial charge in [0.05, 0.1) is 5.00 Å². The summed E-state index contributed by atoms with van der Waals surface area (Å²) in [4.78, 5) is -0.256. The molecule has 0 aliphatic rings. The fraction of sp³-hybridized carbons (Fsp3) is 1.00. The summed E-state index contributed by atoms with van der Waals surface area (Å²) in [6.07, 6.45) is 0. The lowest BCUT2D eigenvalue weighted by Gasteiger charge is -2.20. The van der Waals surface area contributed by atoms with Crippen molar-refractivity contribution >= 4 is 11.6 Å². The van der Waals surface area contributed by atoms with Crippen molar-refractivity contribution in [2.45, 2.75) is 38.7 Å². The van der Waals surface area contributed by atoms with Crippen LogP contribution in [0.2, 0.25) is 0 Å². The molecule has 0 atom stereocenters. The normalized spacial score (nSPS) is 12.8. The van der Waals surface area contributed by atoms with Crippen LogP contribution in [0.1, 0.15) is 27.7 Å². The van der Waals surface area contributed by atoms with E-state index >= 15 is 0 Å². The number of nitrogens with one attached hydrogen (secondary N) is 1. The third-order valence-electron chi connectivity index (χ3n) is 0.632. The molecule has 0 aromatic rings. The van der Waals surface area contributed by atoms with E-state index in [0.29, 0.717) is 6.04 Å². The summed E-state index contributed by atoms with van der Waals surface area (Å²) in [6.45, 7) is 8.03. The van der Waals surface area contributed by atoms with Crippen LogP contribution in [0.5, 0.6) is 0 Å². The molecule has 0 heterocycles. The molecule has 0 unspecified atom stereocenters. The summed E-state index contributed by atoms with van der Waals surface area (Å²) in [7, 11) is 0. The maximum Gasteiger partial charge on any atom is 0.0880 e. The van der Waals surface area contributed by atoms with E-state index < -0.39 is 0 Å². The number of hydrogen-bond donors (Lipinski definition) is 1. The molecule has 0 amide bonds. The first kappa shape index (κ1) is 8.25. The number of rotatable bonds is 2. The molecule has 1 N–H and O–H groups in total. The lowest BCUT2D eigenvalue weighted by atomic mass is 10.3. The Balaban J connectivity index is 3.39. The summed E-state index contributed by atoms with van der Waals surface area (Å²) in [5.74, 6) is 0. The van der Waals surface area contributed by atoms with Crippen molar-refractivity contribution in [2.75, 3.05) is 0 Å². The van der Waals surface area contributed by atoms with Crippen LogP contribution in [0.3, 0.4) is 0 Å². The van der Waals surface area contributed by atoms with Crippen molar-refractivity contribution in [1.82, 2.24) is 5.32 Å². The van der Waals surface area contributed by atoms with Gasteiger partial charge in [0.15, 0.2) is 0 Å². The van der Waals surface area contributed by atoms with Gasteiger partial charge in [0, 0.05) is 6.04 Å². The average Bonchev–Trinajstić information content (AvgIpc) is 1.21. The average molecular weight is 136 g/mol. The predicted molar refractivity (Wildman–Crippen MR) is 38.2 cm³/mol. The molecule has 0 saturated heterocycles. The van der Waals surface area contributed by atoms with Crippen molar-refractivity contribution < 1.29 is 0 Å². The van der Waals surface area contributed by atoms with Crippen molar-refractivity contribution in [3.8, 4) is 0 Å². The minimum atomic E-state index is -0.256. The zero-order chi connectivity index (χ0) is 6.78. The molecule has 0 aliphatic heterocycles. The van der Waals surface area contributed by atoms with Gasteiger partial charge in [0.25, 0.3) is 0 Å². The molecule has 0 aliphatic carbocycles. The Morgan fingerprint density at radius 1 is 1.38 bits per heavy atom. The van der Waals surface area contributed by atoms with Gasteiger partial charge < -0.3 is 0 Å². The van der Waals surface area contributed by atoms with E-state index in [1.807, 2.05) is 13.8 Å². The lowest BCUT2D eigenvalue weighted by molar-refractivity contribution is 0.473. The van der Waals surface area contributed by atoms with Crippen molar-refractivity contribution in [2.24, 2.45) is 0 Å². The van der Waals surface area contributed by atoms with E-state index in [4.69, 9.17) is 11.6 Å². The van der Waals surface area contributed by atoms with Crippen LogP contribution in [0.25, 0.3) is 0 Å². The molecule has 50 valence electrons.